The van der Waals surface area contributed by atoms with Crippen molar-refractivity contribution < 1.29 is 17.9 Å². The first-order valence-corrected chi connectivity index (χ1v) is 5.78. The molecule has 2 rings (SSSR count). The van der Waals surface area contributed by atoms with Gasteiger partial charge in [-0.2, -0.15) is 0 Å². The van der Waals surface area contributed by atoms with Crippen molar-refractivity contribution in [1.29, 1.82) is 0 Å². The van der Waals surface area contributed by atoms with Gasteiger partial charge < -0.3 is 9.30 Å². The number of hydrogen-bond donors (Lipinski definition) is 0. The third-order valence-corrected chi connectivity index (χ3v) is 2.65. The van der Waals surface area contributed by atoms with Crippen molar-refractivity contribution in [3.63, 3.8) is 0 Å². The average Bonchev–Trinajstić information content (AvgIpc) is 2.73. The van der Waals surface area contributed by atoms with Gasteiger partial charge in [0.25, 0.3) is 0 Å². The van der Waals surface area contributed by atoms with Crippen LogP contribution >= 0.6 is 0 Å². The van der Waals surface area contributed by atoms with Crippen LogP contribution in [-0.4, -0.2) is 15.9 Å². The summed E-state index contributed by atoms with van der Waals surface area (Å²) in [7, 11) is 0. The topological polar surface area (TPSA) is 27.1 Å². The van der Waals surface area contributed by atoms with Gasteiger partial charge in [-0.3, -0.25) is 0 Å². The Labute approximate surface area is 108 Å². The molecular formula is C13H13F3N2O. The summed E-state index contributed by atoms with van der Waals surface area (Å²) in [5.41, 5.74) is 1.81. The molecule has 0 spiro atoms. The molecule has 0 saturated heterocycles. The van der Waals surface area contributed by atoms with Gasteiger partial charge in [0.2, 0.25) is 0 Å². The van der Waals surface area contributed by atoms with Crippen LogP contribution in [0.25, 0.3) is 5.69 Å². The monoisotopic (exact) mass is 270 g/mol. The predicted molar refractivity (Wildman–Crippen MR) is 64.4 cm³/mol. The molecule has 0 atom stereocenters. The number of imidazole rings is 1. The van der Waals surface area contributed by atoms with Crippen LogP contribution in [0.15, 0.2) is 30.7 Å². The highest BCUT2D eigenvalue weighted by Gasteiger charge is 2.32. The third-order valence-electron chi connectivity index (χ3n) is 2.65. The van der Waals surface area contributed by atoms with Crippen LogP contribution in [0.5, 0.6) is 5.75 Å². The molecule has 2 aromatic rings. The van der Waals surface area contributed by atoms with Crippen LogP contribution in [0.1, 0.15) is 18.2 Å². The zero-order valence-electron chi connectivity index (χ0n) is 10.5. The Morgan fingerprint density at radius 1 is 1.32 bits per heavy atom. The molecule has 0 bridgehead atoms. The highest BCUT2D eigenvalue weighted by Crippen LogP contribution is 2.30. The lowest BCUT2D eigenvalue weighted by Crippen LogP contribution is -2.18. The van der Waals surface area contributed by atoms with Gasteiger partial charge >= 0.3 is 6.36 Å². The number of aromatic nitrogens is 2. The maximum Gasteiger partial charge on any atom is 0.573 e. The van der Waals surface area contributed by atoms with E-state index in [0.717, 1.165) is 11.3 Å². The van der Waals surface area contributed by atoms with Crippen molar-refractivity contribution in [2.45, 2.75) is 26.6 Å². The fourth-order valence-electron chi connectivity index (χ4n) is 1.75. The van der Waals surface area contributed by atoms with Crippen molar-refractivity contribution in [3.05, 3.63) is 42.0 Å². The Bertz CT molecular complexity index is 576. The molecule has 0 unspecified atom stereocenters. The summed E-state index contributed by atoms with van der Waals surface area (Å²) in [6, 6.07) is 4.77. The molecule has 1 heterocycles. The number of halogens is 3. The summed E-state index contributed by atoms with van der Waals surface area (Å²) in [6.07, 6.45) is -0.974. The predicted octanol–water partition coefficient (Wildman–Crippen LogP) is 3.64. The van der Waals surface area contributed by atoms with Crippen molar-refractivity contribution in [2.24, 2.45) is 0 Å². The summed E-state index contributed by atoms with van der Waals surface area (Å²) < 4.78 is 42.9. The molecule has 102 valence electrons. The Hall–Kier alpha value is -1.98. The number of hydrogen-bond acceptors (Lipinski definition) is 2. The lowest BCUT2D eigenvalue weighted by atomic mass is 10.1. The molecule has 0 aliphatic rings. The first-order valence-electron chi connectivity index (χ1n) is 5.78. The number of alkyl halides is 3. The molecule has 0 aliphatic carbocycles. The van der Waals surface area contributed by atoms with Crippen molar-refractivity contribution >= 4 is 0 Å². The Kier molecular flexibility index (Phi) is 3.50. The first kappa shape index (κ1) is 13.5. The minimum absolute atomic E-state index is 0.218. The van der Waals surface area contributed by atoms with Crippen LogP contribution in [0, 0.1) is 6.92 Å². The number of aryl methyl sites for hydroxylation is 2. The molecule has 0 fully saturated rings. The smallest absolute Gasteiger partial charge is 0.404 e. The van der Waals surface area contributed by atoms with Crippen LogP contribution < -0.4 is 4.74 Å². The largest absolute Gasteiger partial charge is 0.573 e. The van der Waals surface area contributed by atoms with E-state index in [9.17, 15) is 13.2 Å². The highest BCUT2D eigenvalue weighted by molar-refractivity contribution is 5.49. The highest BCUT2D eigenvalue weighted by atomic mass is 19.4. The lowest BCUT2D eigenvalue weighted by molar-refractivity contribution is -0.274. The molecule has 0 N–H and O–H groups in total. The summed E-state index contributed by atoms with van der Waals surface area (Å²) >= 11 is 0. The number of rotatable bonds is 3. The zero-order chi connectivity index (χ0) is 14.0. The molecule has 0 radical (unpaired) electrons. The molecule has 1 aromatic heterocycles. The van der Waals surface area contributed by atoms with Gasteiger partial charge in [0.15, 0.2) is 5.75 Å². The second kappa shape index (κ2) is 4.95. The van der Waals surface area contributed by atoms with Crippen LogP contribution in [0.2, 0.25) is 0 Å². The van der Waals surface area contributed by atoms with E-state index in [1.165, 1.54) is 17.0 Å². The summed E-state index contributed by atoms with van der Waals surface area (Å²) in [5, 5.41) is 0. The number of ether oxygens (including phenoxy) is 1. The molecule has 0 aliphatic heterocycles. The average molecular weight is 270 g/mol. The van der Waals surface area contributed by atoms with Gasteiger partial charge in [0, 0.05) is 6.20 Å². The second-order valence-corrected chi connectivity index (χ2v) is 4.13. The molecule has 0 saturated carbocycles. The van der Waals surface area contributed by atoms with Gasteiger partial charge in [-0.15, -0.1) is 13.2 Å². The Morgan fingerprint density at radius 2 is 2.05 bits per heavy atom. The summed E-state index contributed by atoms with van der Waals surface area (Å²) in [6.45, 7) is 3.63. The Balaban J connectivity index is 2.47. The molecule has 0 amide bonds. The minimum Gasteiger partial charge on any atom is -0.404 e. The maximum atomic E-state index is 12.4. The Morgan fingerprint density at radius 3 is 2.58 bits per heavy atom. The van der Waals surface area contributed by atoms with Gasteiger partial charge in [-0.05, 0) is 31.0 Å². The minimum atomic E-state index is -4.71. The number of nitrogens with zero attached hydrogens (tertiary/aromatic N) is 2. The second-order valence-electron chi connectivity index (χ2n) is 4.13. The molecule has 1 aromatic carbocycles. The van der Waals surface area contributed by atoms with E-state index in [4.69, 9.17) is 0 Å². The van der Waals surface area contributed by atoms with E-state index >= 15 is 0 Å². The lowest BCUT2D eigenvalue weighted by Gasteiger charge is -2.14. The van der Waals surface area contributed by atoms with Gasteiger partial charge in [-0.25, -0.2) is 4.98 Å². The van der Waals surface area contributed by atoms with E-state index in [0.29, 0.717) is 12.1 Å². The third kappa shape index (κ3) is 3.27. The van der Waals surface area contributed by atoms with Crippen LogP contribution in [0.3, 0.4) is 0 Å². The zero-order valence-corrected chi connectivity index (χ0v) is 10.5. The summed E-state index contributed by atoms with van der Waals surface area (Å²) in [4.78, 5) is 4.00. The first-order chi connectivity index (χ1) is 8.89. The molecule has 3 nitrogen and oxygen atoms in total. The van der Waals surface area contributed by atoms with E-state index in [-0.39, 0.29) is 5.75 Å². The van der Waals surface area contributed by atoms with Crippen LogP contribution in [-0.2, 0) is 6.42 Å². The van der Waals surface area contributed by atoms with E-state index < -0.39 is 6.36 Å². The SMILES string of the molecule is CCc1ccc(-n2cnc(C)c2)c(OC(F)(F)F)c1. The van der Waals surface area contributed by atoms with Gasteiger partial charge in [0.1, 0.15) is 0 Å². The van der Waals surface area contributed by atoms with E-state index in [1.807, 2.05) is 6.92 Å². The van der Waals surface area contributed by atoms with Crippen molar-refractivity contribution in [1.82, 2.24) is 9.55 Å². The fourth-order valence-corrected chi connectivity index (χ4v) is 1.75. The maximum absolute atomic E-state index is 12.4. The van der Waals surface area contributed by atoms with E-state index in [2.05, 4.69) is 9.72 Å². The van der Waals surface area contributed by atoms with E-state index in [1.54, 1.807) is 25.3 Å². The standard InChI is InChI=1S/C13H13F3N2O/c1-3-10-4-5-11(18-7-9(2)17-8-18)12(6-10)19-13(14,15)16/h4-8H,3H2,1-2H3. The van der Waals surface area contributed by atoms with Crippen molar-refractivity contribution in [2.75, 3.05) is 0 Å². The fraction of sp³-hybridized carbons (Fsp3) is 0.308. The van der Waals surface area contributed by atoms with Gasteiger partial charge in [-0.1, -0.05) is 13.0 Å². The normalized spacial score (nSPS) is 11.6. The van der Waals surface area contributed by atoms with Crippen LogP contribution in [0.4, 0.5) is 13.2 Å². The number of benzene rings is 1. The molecular weight excluding hydrogens is 257 g/mol. The molecule has 19 heavy (non-hydrogen) atoms. The van der Waals surface area contributed by atoms with Crippen molar-refractivity contribution in [3.8, 4) is 11.4 Å². The quantitative estimate of drug-likeness (QED) is 0.851. The molecule has 6 heteroatoms. The summed E-state index contributed by atoms with van der Waals surface area (Å²) in [5.74, 6) is -0.218. The van der Waals surface area contributed by atoms with Gasteiger partial charge in [0.05, 0.1) is 17.7 Å².